The molecule has 0 aliphatic heterocycles. The average molecular weight is 214 g/mol. The molecule has 0 spiro atoms. The van der Waals surface area contributed by atoms with Gasteiger partial charge in [0.15, 0.2) is 5.78 Å². The van der Waals surface area contributed by atoms with Crippen molar-refractivity contribution in [2.75, 3.05) is 0 Å². The van der Waals surface area contributed by atoms with E-state index in [0.717, 1.165) is 17.8 Å². The molecule has 0 radical (unpaired) electrons. The van der Waals surface area contributed by atoms with Crippen molar-refractivity contribution in [3.63, 3.8) is 0 Å². The second-order valence-electron chi connectivity index (χ2n) is 3.66. The number of aryl methyl sites for hydroxylation is 1. The molecule has 2 aromatic rings. The molecule has 1 aromatic heterocycles. The van der Waals surface area contributed by atoms with Gasteiger partial charge in [-0.15, -0.1) is 0 Å². The number of hydrogen-bond donors (Lipinski definition) is 0. The molecular weight excluding hydrogens is 200 g/mol. The molecule has 0 saturated carbocycles. The summed E-state index contributed by atoms with van der Waals surface area (Å²) < 4.78 is 1.83. The van der Waals surface area contributed by atoms with Crippen molar-refractivity contribution in [3.05, 3.63) is 47.8 Å². The minimum absolute atomic E-state index is 0.0631. The summed E-state index contributed by atoms with van der Waals surface area (Å²) in [7, 11) is 0. The van der Waals surface area contributed by atoms with Crippen molar-refractivity contribution in [3.8, 4) is 5.69 Å². The molecule has 0 amide bonds. The van der Waals surface area contributed by atoms with Crippen molar-refractivity contribution >= 4 is 5.78 Å². The van der Waals surface area contributed by atoms with Crippen molar-refractivity contribution in [1.29, 1.82) is 0 Å². The summed E-state index contributed by atoms with van der Waals surface area (Å²) >= 11 is 0. The van der Waals surface area contributed by atoms with Gasteiger partial charge in [0, 0.05) is 17.5 Å². The molecule has 3 nitrogen and oxygen atoms in total. The van der Waals surface area contributed by atoms with Crippen LogP contribution in [0, 0.1) is 0 Å². The van der Waals surface area contributed by atoms with Crippen LogP contribution in [0.1, 0.15) is 29.9 Å². The van der Waals surface area contributed by atoms with Gasteiger partial charge in [-0.25, -0.2) is 4.68 Å². The van der Waals surface area contributed by atoms with E-state index >= 15 is 0 Å². The van der Waals surface area contributed by atoms with Crippen LogP contribution in [0.25, 0.3) is 5.69 Å². The maximum absolute atomic E-state index is 11.5. The van der Waals surface area contributed by atoms with Crippen LogP contribution in [0.3, 0.4) is 0 Å². The Balaban J connectivity index is 2.60. The van der Waals surface area contributed by atoms with Gasteiger partial charge >= 0.3 is 0 Å². The van der Waals surface area contributed by atoms with Gasteiger partial charge in [0.1, 0.15) is 0 Å². The third-order valence-corrected chi connectivity index (χ3v) is 2.59. The van der Waals surface area contributed by atoms with Gasteiger partial charge in [0.05, 0.1) is 5.69 Å². The fourth-order valence-electron chi connectivity index (χ4n) is 1.77. The Kier molecular flexibility index (Phi) is 2.86. The number of rotatable bonds is 3. The quantitative estimate of drug-likeness (QED) is 0.736. The highest BCUT2D eigenvalue weighted by Gasteiger charge is 2.10. The minimum Gasteiger partial charge on any atom is -0.294 e. The Morgan fingerprint density at radius 2 is 2.06 bits per heavy atom. The first-order valence-electron chi connectivity index (χ1n) is 5.37. The van der Waals surface area contributed by atoms with Crippen molar-refractivity contribution in [2.24, 2.45) is 0 Å². The van der Waals surface area contributed by atoms with Gasteiger partial charge in [-0.05, 0) is 31.5 Å². The van der Waals surface area contributed by atoms with Gasteiger partial charge in [0.25, 0.3) is 0 Å². The minimum atomic E-state index is 0.0631. The highest BCUT2D eigenvalue weighted by molar-refractivity contribution is 5.97. The Labute approximate surface area is 94.7 Å². The average Bonchev–Trinajstić information content (AvgIpc) is 2.76. The zero-order valence-corrected chi connectivity index (χ0v) is 9.47. The number of nitrogens with zero attached hydrogens (tertiary/aromatic N) is 2. The molecule has 2 rings (SSSR count). The van der Waals surface area contributed by atoms with E-state index in [0.29, 0.717) is 5.56 Å². The summed E-state index contributed by atoms with van der Waals surface area (Å²) in [5.74, 6) is 0.0631. The zero-order chi connectivity index (χ0) is 11.5. The smallest absolute Gasteiger partial charge is 0.161 e. The Morgan fingerprint density at radius 1 is 1.31 bits per heavy atom. The first kappa shape index (κ1) is 10.6. The molecule has 1 heterocycles. The number of hydrogen-bond acceptors (Lipinski definition) is 2. The fraction of sp³-hybridized carbons (Fsp3) is 0.231. The predicted octanol–water partition coefficient (Wildman–Crippen LogP) is 2.64. The van der Waals surface area contributed by atoms with Gasteiger partial charge in [0.2, 0.25) is 0 Å². The van der Waals surface area contributed by atoms with E-state index in [9.17, 15) is 4.79 Å². The standard InChI is InChI=1S/C13H14N2O/c1-3-11-8-9-14-15(11)13-7-5-4-6-12(13)10(2)16/h4-9H,3H2,1-2H3. The number of Topliss-reactive ketones (excluding diaryl/α,β-unsaturated/α-hetero) is 1. The predicted molar refractivity (Wildman–Crippen MR) is 62.9 cm³/mol. The summed E-state index contributed by atoms with van der Waals surface area (Å²) in [6.07, 6.45) is 2.65. The second kappa shape index (κ2) is 4.31. The van der Waals surface area contributed by atoms with Gasteiger partial charge in [-0.3, -0.25) is 4.79 Å². The van der Waals surface area contributed by atoms with Crippen LogP contribution in [-0.4, -0.2) is 15.6 Å². The lowest BCUT2D eigenvalue weighted by Crippen LogP contribution is -2.07. The number of aromatic nitrogens is 2. The van der Waals surface area contributed by atoms with E-state index in [-0.39, 0.29) is 5.78 Å². The van der Waals surface area contributed by atoms with Crippen LogP contribution in [0.5, 0.6) is 0 Å². The zero-order valence-electron chi connectivity index (χ0n) is 9.47. The van der Waals surface area contributed by atoms with Gasteiger partial charge in [-0.1, -0.05) is 19.1 Å². The molecule has 0 atom stereocenters. The van der Waals surface area contributed by atoms with E-state index in [2.05, 4.69) is 12.0 Å². The third-order valence-electron chi connectivity index (χ3n) is 2.59. The van der Waals surface area contributed by atoms with Gasteiger partial charge in [-0.2, -0.15) is 5.10 Å². The van der Waals surface area contributed by atoms with Gasteiger partial charge < -0.3 is 0 Å². The summed E-state index contributed by atoms with van der Waals surface area (Å²) in [5.41, 5.74) is 2.67. The summed E-state index contributed by atoms with van der Waals surface area (Å²) in [6, 6.07) is 9.51. The highest BCUT2D eigenvalue weighted by atomic mass is 16.1. The Morgan fingerprint density at radius 3 is 2.75 bits per heavy atom. The first-order valence-corrected chi connectivity index (χ1v) is 5.37. The van der Waals surface area contributed by atoms with E-state index in [1.54, 1.807) is 13.1 Å². The molecule has 82 valence electrons. The molecule has 0 fully saturated rings. The second-order valence-corrected chi connectivity index (χ2v) is 3.66. The molecule has 16 heavy (non-hydrogen) atoms. The molecule has 1 aromatic carbocycles. The lowest BCUT2D eigenvalue weighted by Gasteiger charge is -2.09. The molecular formula is C13H14N2O. The van der Waals surface area contributed by atoms with E-state index in [1.165, 1.54) is 0 Å². The normalized spacial score (nSPS) is 10.4. The third kappa shape index (κ3) is 1.76. The van der Waals surface area contributed by atoms with Crippen molar-refractivity contribution in [2.45, 2.75) is 20.3 Å². The van der Waals surface area contributed by atoms with Crippen molar-refractivity contribution in [1.82, 2.24) is 9.78 Å². The number of para-hydroxylation sites is 1. The number of benzene rings is 1. The summed E-state index contributed by atoms with van der Waals surface area (Å²) in [4.78, 5) is 11.5. The fourth-order valence-corrected chi connectivity index (χ4v) is 1.77. The molecule has 0 unspecified atom stereocenters. The van der Waals surface area contributed by atoms with Crippen molar-refractivity contribution < 1.29 is 4.79 Å². The maximum atomic E-state index is 11.5. The topological polar surface area (TPSA) is 34.9 Å². The van der Waals surface area contributed by atoms with Crippen LogP contribution >= 0.6 is 0 Å². The molecule has 0 aliphatic rings. The lowest BCUT2D eigenvalue weighted by atomic mass is 10.1. The number of ketones is 1. The number of carbonyl (C=O) groups excluding carboxylic acids is 1. The van der Waals surface area contributed by atoms with Crippen LogP contribution < -0.4 is 0 Å². The van der Waals surface area contributed by atoms with E-state index in [1.807, 2.05) is 35.0 Å². The highest BCUT2D eigenvalue weighted by Crippen LogP contribution is 2.16. The molecule has 0 N–H and O–H groups in total. The van der Waals surface area contributed by atoms with Crippen LogP contribution in [0.4, 0.5) is 0 Å². The van der Waals surface area contributed by atoms with Crippen LogP contribution in [0.15, 0.2) is 36.5 Å². The molecule has 0 bridgehead atoms. The maximum Gasteiger partial charge on any atom is 0.161 e. The number of carbonyl (C=O) groups is 1. The lowest BCUT2D eigenvalue weighted by molar-refractivity contribution is 0.101. The molecule has 3 heteroatoms. The van der Waals surface area contributed by atoms with Crippen LogP contribution in [0.2, 0.25) is 0 Å². The summed E-state index contributed by atoms with van der Waals surface area (Å²) in [6.45, 7) is 3.65. The summed E-state index contributed by atoms with van der Waals surface area (Å²) in [5, 5.41) is 4.26. The Bertz CT molecular complexity index is 514. The first-order chi connectivity index (χ1) is 7.74. The van der Waals surface area contributed by atoms with E-state index in [4.69, 9.17) is 0 Å². The molecule has 0 aliphatic carbocycles. The molecule has 0 saturated heterocycles. The van der Waals surface area contributed by atoms with Crippen LogP contribution in [-0.2, 0) is 6.42 Å². The van der Waals surface area contributed by atoms with E-state index < -0.39 is 0 Å². The Hall–Kier alpha value is -1.90. The largest absolute Gasteiger partial charge is 0.294 e. The monoisotopic (exact) mass is 214 g/mol. The SMILES string of the molecule is CCc1ccnn1-c1ccccc1C(C)=O.